The highest BCUT2D eigenvalue weighted by Gasteiger charge is 2.59. The van der Waals surface area contributed by atoms with Crippen LogP contribution in [0.4, 0.5) is 0 Å². The summed E-state index contributed by atoms with van der Waals surface area (Å²) in [5.41, 5.74) is 2.51. The molecular weight excluding hydrogens is 376 g/mol. The number of fused-ring (bicyclic) bond motifs is 3. The average Bonchev–Trinajstić information content (AvgIpc) is 2.63. The van der Waals surface area contributed by atoms with Crippen LogP contribution >= 0.6 is 0 Å². The molecule has 0 saturated heterocycles. The summed E-state index contributed by atoms with van der Waals surface area (Å²) in [5.74, 6) is 3.00. The van der Waals surface area contributed by atoms with Crippen molar-refractivity contribution in [2.45, 2.75) is 53.3 Å². The van der Waals surface area contributed by atoms with Gasteiger partial charge in [0.1, 0.15) is 8.07 Å². The highest BCUT2D eigenvalue weighted by atomic mass is 28.3. The van der Waals surface area contributed by atoms with Crippen molar-refractivity contribution in [2.24, 2.45) is 22.2 Å². The van der Waals surface area contributed by atoms with Crippen LogP contribution in [0.3, 0.4) is 0 Å². The molecule has 0 N–H and O–H groups in total. The highest BCUT2D eigenvalue weighted by Crippen LogP contribution is 2.63. The van der Waals surface area contributed by atoms with Crippen LogP contribution in [0.2, 0.25) is 19.6 Å². The Bertz CT molecular complexity index is 1060. The van der Waals surface area contributed by atoms with Crippen molar-refractivity contribution in [1.82, 2.24) is 0 Å². The number of carbonyl (C=O) groups excluding carboxylic acids is 2. The second-order valence-corrected chi connectivity index (χ2v) is 14.9. The van der Waals surface area contributed by atoms with Gasteiger partial charge in [0.05, 0.1) is 18.6 Å². The Hall–Kier alpha value is -2.68. The molecule has 1 saturated carbocycles. The van der Waals surface area contributed by atoms with E-state index in [1.54, 1.807) is 18.2 Å². The van der Waals surface area contributed by atoms with Gasteiger partial charge in [-0.05, 0) is 30.4 Å². The van der Waals surface area contributed by atoms with E-state index in [1.807, 2.05) is 20.8 Å². The van der Waals surface area contributed by atoms with Gasteiger partial charge in [-0.25, -0.2) is 9.69 Å². The molecule has 29 heavy (non-hydrogen) atoms. The SMILES string of the molecule is [C-]#[N+]C1=CC2(C#C[Si](C)(C)C)CCC3C(C)(C)C(=O)C([N+]#[C-])=CC3(C)C2=CC1=O. The summed E-state index contributed by atoms with van der Waals surface area (Å²) in [5, 5.41) is 0. The molecule has 0 amide bonds. The third-order valence-corrected chi connectivity index (χ3v) is 7.43. The van der Waals surface area contributed by atoms with E-state index in [1.165, 1.54) is 0 Å². The second-order valence-electron chi connectivity index (χ2n) is 10.1. The average molecular weight is 403 g/mol. The Morgan fingerprint density at radius 3 is 2.24 bits per heavy atom. The van der Waals surface area contributed by atoms with Gasteiger partial charge in [-0.3, -0.25) is 0 Å². The topological polar surface area (TPSA) is 42.9 Å². The number of hydrogen-bond acceptors (Lipinski definition) is 2. The molecule has 5 heteroatoms. The minimum atomic E-state index is -1.70. The van der Waals surface area contributed by atoms with Crippen LogP contribution in [0, 0.1) is 46.8 Å². The zero-order valence-corrected chi connectivity index (χ0v) is 18.9. The third kappa shape index (κ3) is 3.13. The number of hydrogen-bond donors (Lipinski definition) is 0. The van der Waals surface area contributed by atoms with E-state index >= 15 is 0 Å². The van der Waals surface area contributed by atoms with Crippen LogP contribution in [0.5, 0.6) is 0 Å². The van der Waals surface area contributed by atoms with Crippen molar-refractivity contribution >= 4 is 19.6 Å². The van der Waals surface area contributed by atoms with E-state index in [-0.39, 0.29) is 28.9 Å². The first-order chi connectivity index (χ1) is 13.3. The molecule has 0 aliphatic heterocycles. The largest absolute Gasteiger partial charge is 0.307 e. The summed E-state index contributed by atoms with van der Waals surface area (Å²) in [4.78, 5) is 32.5. The molecule has 3 unspecified atom stereocenters. The Kier molecular flexibility index (Phi) is 4.65. The number of carbonyl (C=O) groups is 2. The van der Waals surface area contributed by atoms with Crippen molar-refractivity contribution in [3.05, 3.63) is 58.0 Å². The minimum absolute atomic E-state index is 0.0308. The molecule has 3 atom stereocenters. The van der Waals surface area contributed by atoms with Gasteiger partial charge < -0.3 is 9.59 Å². The number of nitrogens with zero attached hydrogens (tertiary/aromatic N) is 2. The first-order valence-corrected chi connectivity index (χ1v) is 13.4. The molecule has 0 spiro atoms. The maximum absolute atomic E-state index is 12.9. The Labute approximate surface area is 174 Å². The van der Waals surface area contributed by atoms with Gasteiger partial charge in [-0.2, -0.15) is 0 Å². The molecule has 0 radical (unpaired) electrons. The standard InChI is InChI=1S/C24H26N2O2Si/c1-22(2)19-9-10-24(11-12-29(6,7)8)15-16(25-4)18(27)13-20(24)23(19,3)14-17(26-5)21(22)28/h13-15,19H,9-10H2,1-3,6-8H3. The van der Waals surface area contributed by atoms with Crippen LogP contribution in [0.25, 0.3) is 9.69 Å². The van der Waals surface area contributed by atoms with E-state index in [0.717, 1.165) is 12.0 Å². The van der Waals surface area contributed by atoms with Crippen molar-refractivity contribution in [3.63, 3.8) is 0 Å². The molecule has 3 aliphatic carbocycles. The predicted octanol–water partition coefficient (Wildman–Crippen LogP) is 4.99. The van der Waals surface area contributed by atoms with Crippen molar-refractivity contribution < 1.29 is 9.59 Å². The normalized spacial score (nSPS) is 32.8. The lowest BCUT2D eigenvalue weighted by atomic mass is 9.46. The summed E-state index contributed by atoms with van der Waals surface area (Å²) < 4.78 is 0. The number of rotatable bonds is 0. The van der Waals surface area contributed by atoms with E-state index in [9.17, 15) is 9.59 Å². The summed E-state index contributed by atoms with van der Waals surface area (Å²) in [6.07, 6.45) is 6.49. The molecular formula is C24H26N2O2Si. The van der Waals surface area contributed by atoms with E-state index in [2.05, 4.69) is 40.8 Å². The minimum Gasteiger partial charge on any atom is -0.307 e. The summed E-state index contributed by atoms with van der Waals surface area (Å²) in [6.45, 7) is 27.3. The number of allylic oxidation sites excluding steroid dienone is 5. The van der Waals surface area contributed by atoms with Gasteiger partial charge >= 0.3 is 0 Å². The summed E-state index contributed by atoms with van der Waals surface area (Å²) in [7, 11) is -1.70. The van der Waals surface area contributed by atoms with E-state index in [4.69, 9.17) is 13.1 Å². The van der Waals surface area contributed by atoms with E-state index < -0.39 is 24.3 Å². The molecule has 0 bridgehead atoms. The second kappa shape index (κ2) is 6.41. The van der Waals surface area contributed by atoms with Crippen LogP contribution in [0.1, 0.15) is 33.6 Å². The quantitative estimate of drug-likeness (QED) is 0.325. The Balaban J connectivity index is 2.32. The molecule has 148 valence electrons. The Morgan fingerprint density at radius 2 is 1.69 bits per heavy atom. The lowest BCUT2D eigenvalue weighted by Gasteiger charge is -2.56. The van der Waals surface area contributed by atoms with Crippen molar-refractivity contribution in [2.75, 3.05) is 0 Å². The molecule has 0 aromatic carbocycles. The van der Waals surface area contributed by atoms with Gasteiger partial charge in [0.15, 0.2) is 11.6 Å². The smallest absolute Gasteiger partial charge is 0.231 e. The van der Waals surface area contributed by atoms with Crippen LogP contribution < -0.4 is 0 Å². The fourth-order valence-corrected chi connectivity index (χ4v) is 5.78. The van der Waals surface area contributed by atoms with Crippen molar-refractivity contribution in [3.8, 4) is 11.5 Å². The molecule has 3 aliphatic rings. The predicted molar refractivity (Wildman–Crippen MR) is 116 cm³/mol. The van der Waals surface area contributed by atoms with Gasteiger partial charge in [0.25, 0.3) is 0 Å². The molecule has 4 nitrogen and oxygen atoms in total. The first kappa shape index (κ1) is 21.0. The fraction of sp³-hybridized carbons (Fsp3) is 0.500. The molecule has 0 aromatic heterocycles. The number of ketones is 2. The first-order valence-electron chi connectivity index (χ1n) is 9.87. The van der Waals surface area contributed by atoms with Gasteiger partial charge in [0.2, 0.25) is 11.4 Å². The number of Topliss-reactive ketones (excluding diaryl/α,β-unsaturated/α-hetero) is 1. The van der Waals surface area contributed by atoms with Gasteiger partial charge in [0, 0.05) is 10.8 Å². The Morgan fingerprint density at radius 1 is 1.07 bits per heavy atom. The highest BCUT2D eigenvalue weighted by molar-refractivity contribution is 6.83. The summed E-state index contributed by atoms with van der Waals surface area (Å²) in [6, 6.07) is 0. The lowest BCUT2D eigenvalue weighted by Crippen LogP contribution is -2.53. The van der Waals surface area contributed by atoms with Crippen molar-refractivity contribution in [1.29, 1.82) is 0 Å². The monoisotopic (exact) mass is 402 g/mol. The maximum atomic E-state index is 12.9. The zero-order valence-electron chi connectivity index (χ0n) is 17.9. The molecule has 0 heterocycles. The van der Waals surface area contributed by atoms with Crippen LogP contribution in [0.15, 0.2) is 35.2 Å². The van der Waals surface area contributed by atoms with Crippen LogP contribution in [-0.2, 0) is 9.59 Å². The molecule has 3 rings (SSSR count). The summed E-state index contributed by atoms with van der Waals surface area (Å²) >= 11 is 0. The zero-order chi connectivity index (χ0) is 21.8. The van der Waals surface area contributed by atoms with Crippen LogP contribution in [-0.4, -0.2) is 19.6 Å². The lowest BCUT2D eigenvalue weighted by molar-refractivity contribution is -0.130. The van der Waals surface area contributed by atoms with Gasteiger partial charge in [-0.1, -0.05) is 58.5 Å². The molecule has 0 aromatic rings. The van der Waals surface area contributed by atoms with E-state index in [0.29, 0.717) is 6.42 Å². The van der Waals surface area contributed by atoms with Gasteiger partial charge in [-0.15, -0.1) is 5.54 Å². The third-order valence-electron chi connectivity index (χ3n) is 6.55. The molecule has 1 fully saturated rings. The fourth-order valence-electron chi connectivity index (χ4n) is 5.18. The maximum Gasteiger partial charge on any atom is 0.231 e.